The minimum atomic E-state index is -0.737. The summed E-state index contributed by atoms with van der Waals surface area (Å²) in [4.78, 5) is 24.8. The van der Waals surface area contributed by atoms with E-state index in [4.69, 9.17) is 4.74 Å². The number of carbonyl (C=O) groups excluding carboxylic acids is 2. The minimum absolute atomic E-state index is 0.160. The molecule has 0 unspecified atom stereocenters. The van der Waals surface area contributed by atoms with Gasteiger partial charge in [0.05, 0.1) is 0 Å². The van der Waals surface area contributed by atoms with Crippen molar-refractivity contribution in [1.82, 2.24) is 10.6 Å². The van der Waals surface area contributed by atoms with E-state index in [-0.39, 0.29) is 11.7 Å². The quantitative estimate of drug-likeness (QED) is 0.490. The second-order valence-corrected chi connectivity index (χ2v) is 8.13. The lowest BCUT2D eigenvalue weighted by Crippen LogP contribution is -2.49. The molecule has 0 aliphatic rings. The van der Waals surface area contributed by atoms with Crippen LogP contribution in [0.5, 0.6) is 5.75 Å². The van der Waals surface area contributed by atoms with Crippen molar-refractivity contribution in [1.29, 1.82) is 0 Å². The molecule has 1 aromatic carbocycles. The molecule has 3 N–H and O–H groups in total. The SMILES string of the molecule is CCCCCCCCNC(=O)[C@H](Cc1ccc(O)cc1)NC(=O)OC(C)(C)C. The van der Waals surface area contributed by atoms with Crippen molar-refractivity contribution < 1.29 is 19.4 Å². The normalized spacial score (nSPS) is 12.3. The number of hydrogen-bond donors (Lipinski definition) is 3. The zero-order valence-electron chi connectivity index (χ0n) is 17.7. The molecule has 0 fully saturated rings. The second-order valence-electron chi connectivity index (χ2n) is 8.13. The van der Waals surface area contributed by atoms with Crippen LogP contribution >= 0.6 is 0 Å². The summed E-state index contributed by atoms with van der Waals surface area (Å²) in [5, 5.41) is 15.0. The summed E-state index contributed by atoms with van der Waals surface area (Å²) in [5.41, 5.74) is 0.205. The fraction of sp³-hybridized carbons (Fsp3) is 0.636. The maximum atomic E-state index is 12.6. The Bertz CT molecular complexity index is 594. The second kappa shape index (κ2) is 12.3. The highest BCUT2D eigenvalue weighted by molar-refractivity contribution is 5.86. The highest BCUT2D eigenvalue weighted by atomic mass is 16.6. The molecule has 0 aliphatic carbocycles. The zero-order chi connectivity index (χ0) is 21.0. The number of aromatic hydroxyl groups is 1. The molecular formula is C22H36N2O4. The summed E-state index contributed by atoms with van der Waals surface area (Å²) < 4.78 is 5.29. The first-order valence-electron chi connectivity index (χ1n) is 10.3. The van der Waals surface area contributed by atoms with E-state index in [1.54, 1.807) is 45.0 Å². The van der Waals surface area contributed by atoms with Gasteiger partial charge in [0.1, 0.15) is 17.4 Å². The average molecular weight is 393 g/mol. The molecular weight excluding hydrogens is 356 g/mol. The van der Waals surface area contributed by atoms with E-state index in [0.717, 1.165) is 18.4 Å². The van der Waals surface area contributed by atoms with Crippen LogP contribution in [0.3, 0.4) is 0 Å². The van der Waals surface area contributed by atoms with Gasteiger partial charge < -0.3 is 20.5 Å². The lowest BCUT2D eigenvalue weighted by molar-refractivity contribution is -0.123. The van der Waals surface area contributed by atoms with Crippen molar-refractivity contribution in [3.05, 3.63) is 29.8 Å². The van der Waals surface area contributed by atoms with Crippen LogP contribution in [0.25, 0.3) is 0 Å². The molecule has 28 heavy (non-hydrogen) atoms. The Morgan fingerprint density at radius 3 is 2.25 bits per heavy atom. The van der Waals surface area contributed by atoms with E-state index in [0.29, 0.717) is 13.0 Å². The molecule has 6 heteroatoms. The Balaban J connectivity index is 2.59. The Morgan fingerprint density at radius 2 is 1.64 bits per heavy atom. The van der Waals surface area contributed by atoms with Crippen molar-refractivity contribution in [2.75, 3.05) is 6.54 Å². The first kappa shape index (κ1) is 23.8. The van der Waals surface area contributed by atoms with E-state index in [1.165, 1.54) is 25.7 Å². The summed E-state index contributed by atoms with van der Waals surface area (Å²) in [7, 11) is 0. The first-order chi connectivity index (χ1) is 13.2. The highest BCUT2D eigenvalue weighted by Gasteiger charge is 2.24. The molecule has 1 aromatic rings. The van der Waals surface area contributed by atoms with Gasteiger partial charge >= 0.3 is 6.09 Å². The van der Waals surface area contributed by atoms with Crippen LogP contribution in [0.15, 0.2) is 24.3 Å². The number of hydrogen-bond acceptors (Lipinski definition) is 4. The van der Waals surface area contributed by atoms with Crippen LogP contribution in [0, 0.1) is 0 Å². The number of phenols is 1. The largest absolute Gasteiger partial charge is 0.508 e. The van der Waals surface area contributed by atoms with Crippen molar-refractivity contribution >= 4 is 12.0 Å². The number of unbranched alkanes of at least 4 members (excludes halogenated alkanes) is 5. The maximum absolute atomic E-state index is 12.6. The van der Waals surface area contributed by atoms with Gasteiger partial charge in [-0.15, -0.1) is 0 Å². The van der Waals surface area contributed by atoms with E-state index in [2.05, 4.69) is 17.6 Å². The number of benzene rings is 1. The van der Waals surface area contributed by atoms with Gasteiger partial charge in [0.15, 0.2) is 0 Å². The van der Waals surface area contributed by atoms with E-state index >= 15 is 0 Å². The van der Waals surface area contributed by atoms with Crippen LogP contribution in [0.4, 0.5) is 4.79 Å². The third-order valence-electron chi connectivity index (χ3n) is 4.21. The highest BCUT2D eigenvalue weighted by Crippen LogP contribution is 2.13. The first-order valence-corrected chi connectivity index (χ1v) is 10.3. The summed E-state index contributed by atoms with van der Waals surface area (Å²) >= 11 is 0. The van der Waals surface area contributed by atoms with Gasteiger partial charge in [0.2, 0.25) is 5.91 Å². The minimum Gasteiger partial charge on any atom is -0.508 e. The molecule has 0 aliphatic heterocycles. The van der Waals surface area contributed by atoms with E-state index in [9.17, 15) is 14.7 Å². The van der Waals surface area contributed by atoms with Crippen LogP contribution in [-0.4, -0.2) is 35.3 Å². The average Bonchev–Trinajstić information content (AvgIpc) is 2.60. The number of alkyl carbamates (subject to hydrolysis) is 1. The molecule has 1 atom stereocenters. The number of phenolic OH excluding ortho intramolecular Hbond substituents is 1. The standard InChI is InChI=1S/C22H36N2O4/c1-5-6-7-8-9-10-15-23-20(26)19(24-21(27)28-22(2,3)4)16-17-11-13-18(25)14-12-17/h11-14,19,25H,5-10,15-16H2,1-4H3,(H,23,26)(H,24,27)/t19-/m0/s1. The predicted molar refractivity (Wildman–Crippen MR) is 111 cm³/mol. The fourth-order valence-corrected chi connectivity index (χ4v) is 2.77. The molecule has 0 spiro atoms. The summed E-state index contributed by atoms with van der Waals surface area (Å²) in [6.45, 7) is 8.11. The van der Waals surface area contributed by atoms with Gasteiger partial charge in [-0.1, -0.05) is 51.2 Å². The molecule has 0 bridgehead atoms. The third kappa shape index (κ3) is 10.8. The Morgan fingerprint density at radius 1 is 1.04 bits per heavy atom. The smallest absolute Gasteiger partial charge is 0.408 e. The molecule has 0 aromatic heterocycles. The number of ether oxygens (including phenoxy) is 1. The predicted octanol–water partition coefficient (Wildman–Crippen LogP) is 4.30. The monoisotopic (exact) mass is 392 g/mol. The molecule has 0 saturated heterocycles. The Kier molecular flexibility index (Phi) is 10.4. The van der Waals surface area contributed by atoms with Crippen LogP contribution < -0.4 is 10.6 Å². The van der Waals surface area contributed by atoms with Crippen LogP contribution in [0.1, 0.15) is 71.8 Å². The molecule has 0 saturated carbocycles. The summed E-state index contributed by atoms with van der Waals surface area (Å²) in [6.07, 6.45) is 6.58. The van der Waals surface area contributed by atoms with Crippen molar-refractivity contribution in [2.45, 2.75) is 84.3 Å². The molecule has 0 heterocycles. The molecule has 0 radical (unpaired) electrons. The summed E-state index contributed by atoms with van der Waals surface area (Å²) in [5.74, 6) is -0.0691. The van der Waals surface area contributed by atoms with Crippen molar-refractivity contribution in [3.63, 3.8) is 0 Å². The number of amides is 2. The van der Waals surface area contributed by atoms with Crippen LogP contribution in [-0.2, 0) is 16.0 Å². The van der Waals surface area contributed by atoms with Gasteiger partial charge in [-0.3, -0.25) is 4.79 Å². The number of nitrogens with one attached hydrogen (secondary N) is 2. The van der Waals surface area contributed by atoms with E-state index in [1.807, 2.05) is 0 Å². The third-order valence-corrected chi connectivity index (χ3v) is 4.21. The van der Waals surface area contributed by atoms with Gasteiger partial charge in [-0.05, 0) is 44.9 Å². The van der Waals surface area contributed by atoms with Gasteiger partial charge in [-0.2, -0.15) is 0 Å². The topological polar surface area (TPSA) is 87.7 Å². The zero-order valence-corrected chi connectivity index (χ0v) is 17.7. The Hall–Kier alpha value is -2.24. The van der Waals surface area contributed by atoms with Gasteiger partial charge in [-0.25, -0.2) is 4.79 Å². The lowest BCUT2D eigenvalue weighted by atomic mass is 10.0. The van der Waals surface area contributed by atoms with Crippen LogP contribution in [0.2, 0.25) is 0 Å². The fourth-order valence-electron chi connectivity index (χ4n) is 2.77. The molecule has 2 amide bonds. The van der Waals surface area contributed by atoms with E-state index < -0.39 is 17.7 Å². The number of carbonyl (C=O) groups is 2. The Labute approximate surface area is 169 Å². The molecule has 1 rings (SSSR count). The number of rotatable bonds is 11. The van der Waals surface area contributed by atoms with Gasteiger partial charge in [0, 0.05) is 13.0 Å². The van der Waals surface area contributed by atoms with Crippen molar-refractivity contribution in [2.24, 2.45) is 0 Å². The lowest BCUT2D eigenvalue weighted by Gasteiger charge is -2.23. The maximum Gasteiger partial charge on any atom is 0.408 e. The molecule has 6 nitrogen and oxygen atoms in total. The summed E-state index contributed by atoms with van der Waals surface area (Å²) in [6, 6.07) is 5.86. The van der Waals surface area contributed by atoms with Gasteiger partial charge in [0.25, 0.3) is 0 Å². The van der Waals surface area contributed by atoms with Crippen molar-refractivity contribution in [3.8, 4) is 5.75 Å². The molecule has 158 valence electrons.